The van der Waals surface area contributed by atoms with Crippen LogP contribution in [0.3, 0.4) is 0 Å². The molecule has 0 saturated carbocycles. The minimum Gasteiger partial charge on any atom is -0.493 e. The Balaban J connectivity index is 1.33. The van der Waals surface area contributed by atoms with Gasteiger partial charge in [-0.15, -0.1) is 5.10 Å². The molecule has 0 bridgehead atoms. The maximum absolute atomic E-state index is 13.5. The fourth-order valence-corrected chi connectivity index (χ4v) is 5.78. The second-order valence-corrected chi connectivity index (χ2v) is 11.3. The number of rotatable bonds is 12. The first-order valence-electron chi connectivity index (χ1n) is 14.8. The van der Waals surface area contributed by atoms with Gasteiger partial charge in [0.2, 0.25) is 4.96 Å². The number of thiazole rings is 1. The topological polar surface area (TPSA) is 102 Å². The Kier molecular flexibility index (Phi) is 9.11. The third-order valence-corrected chi connectivity index (χ3v) is 8.23. The van der Waals surface area contributed by atoms with E-state index >= 15 is 0 Å². The van der Waals surface area contributed by atoms with Crippen LogP contribution in [0.4, 0.5) is 0 Å². The summed E-state index contributed by atoms with van der Waals surface area (Å²) in [5.74, 6) is 2.99. The summed E-state index contributed by atoms with van der Waals surface area (Å²) in [5, 5.41) is 9.34. The monoisotopic (exact) mass is 635 g/mol. The smallest absolute Gasteiger partial charge is 0.291 e. The van der Waals surface area contributed by atoms with Crippen LogP contribution in [-0.4, -0.2) is 52.3 Å². The highest BCUT2D eigenvalue weighted by atomic mass is 32.1. The molecule has 234 valence electrons. The standard InChI is InChI=1S/C35H33N5O5S/c1-5-6-18-45-28-15-12-23(19-29(28)43-3)13-17-32-36-35-40(37-32)34(41)31(46-35)21-25-22-39(26-10-8-7-9-11-26)38-33(25)24-14-16-27(42-2)30(20-24)44-4/h7-17,19-22H,5-6,18H2,1-4H3/b17-13+,31-21-. The molecule has 11 heteroatoms. The van der Waals surface area contributed by atoms with E-state index in [0.29, 0.717) is 50.6 Å². The van der Waals surface area contributed by atoms with Crippen LogP contribution in [0.1, 0.15) is 36.7 Å². The van der Waals surface area contributed by atoms with Gasteiger partial charge in [0.05, 0.1) is 38.2 Å². The number of ether oxygens (including phenoxy) is 4. The number of benzene rings is 3. The SMILES string of the molecule is CCCCOc1ccc(/C=C/c2nc3s/c(=C\c4cn(-c5ccccc5)nc4-c4ccc(OC)c(OC)c4)c(=O)n3n2)cc1OC. The van der Waals surface area contributed by atoms with Crippen molar-refractivity contribution in [2.75, 3.05) is 27.9 Å². The molecule has 0 saturated heterocycles. The first-order valence-corrected chi connectivity index (χ1v) is 15.6. The van der Waals surface area contributed by atoms with E-state index in [9.17, 15) is 4.79 Å². The molecule has 3 aromatic heterocycles. The highest BCUT2D eigenvalue weighted by molar-refractivity contribution is 7.15. The number of hydrogen-bond acceptors (Lipinski definition) is 9. The predicted octanol–water partition coefficient (Wildman–Crippen LogP) is 5.93. The minimum absolute atomic E-state index is 0.256. The highest BCUT2D eigenvalue weighted by Crippen LogP contribution is 2.34. The van der Waals surface area contributed by atoms with Crippen LogP contribution in [0, 0.1) is 0 Å². The van der Waals surface area contributed by atoms with Gasteiger partial charge < -0.3 is 18.9 Å². The summed E-state index contributed by atoms with van der Waals surface area (Å²) in [6, 6.07) is 21.1. The summed E-state index contributed by atoms with van der Waals surface area (Å²) in [6.45, 7) is 2.76. The van der Waals surface area contributed by atoms with Crippen LogP contribution in [0.25, 0.3) is 40.1 Å². The Morgan fingerprint density at radius 3 is 2.35 bits per heavy atom. The Labute approximate surface area is 269 Å². The van der Waals surface area contributed by atoms with Gasteiger partial charge >= 0.3 is 0 Å². The minimum atomic E-state index is -0.256. The molecule has 0 aliphatic rings. The maximum Gasteiger partial charge on any atom is 0.291 e. The van der Waals surface area contributed by atoms with Gasteiger partial charge in [0.15, 0.2) is 28.8 Å². The molecule has 0 amide bonds. The molecule has 0 unspecified atom stereocenters. The summed E-state index contributed by atoms with van der Waals surface area (Å²) >= 11 is 1.27. The van der Waals surface area contributed by atoms with Crippen molar-refractivity contribution in [1.82, 2.24) is 24.4 Å². The van der Waals surface area contributed by atoms with E-state index in [4.69, 9.17) is 24.0 Å². The van der Waals surface area contributed by atoms with Crippen molar-refractivity contribution in [3.8, 4) is 39.9 Å². The lowest BCUT2D eigenvalue weighted by molar-refractivity contribution is 0.288. The average Bonchev–Trinajstić information content (AvgIpc) is 3.78. The predicted molar refractivity (Wildman–Crippen MR) is 180 cm³/mol. The number of hydrogen-bond donors (Lipinski definition) is 0. The molecule has 0 aliphatic heterocycles. The van der Waals surface area contributed by atoms with Gasteiger partial charge in [0.1, 0.15) is 5.69 Å². The van der Waals surface area contributed by atoms with Crippen LogP contribution in [-0.2, 0) is 0 Å². The van der Waals surface area contributed by atoms with Gasteiger partial charge in [-0.2, -0.15) is 14.6 Å². The molecular formula is C35H33N5O5S. The summed E-state index contributed by atoms with van der Waals surface area (Å²) in [6.07, 6.45) is 9.41. The van der Waals surface area contributed by atoms with Crippen molar-refractivity contribution in [3.05, 3.63) is 105 Å². The second kappa shape index (κ2) is 13.7. The molecule has 46 heavy (non-hydrogen) atoms. The molecule has 3 aromatic carbocycles. The van der Waals surface area contributed by atoms with Gasteiger partial charge in [-0.05, 0) is 66.6 Å². The normalized spacial score (nSPS) is 11.9. The molecule has 0 aliphatic carbocycles. The number of aromatic nitrogens is 5. The molecule has 0 N–H and O–H groups in total. The molecule has 10 nitrogen and oxygen atoms in total. The zero-order valence-electron chi connectivity index (χ0n) is 26.0. The van der Waals surface area contributed by atoms with Gasteiger partial charge in [-0.25, -0.2) is 4.68 Å². The van der Waals surface area contributed by atoms with Crippen LogP contribution in [0.15, 0.2) is 77.7 Å². The van der Waals surface area contributed by atoms with Crippen molar-refractivity contribution in [2.45, 2.75) is 19.8 Å². The van der Waals surface area contributed by atoms with E-state index in [1.165, 1.54) is 15.9 Å². The number of unbranched alkanes of at least 4 members (excludes halogenated alkanes) is 1. The first-order chi connectivity index (χ1) is 22.5. The number of nitrogens with zero attached hydrogens (tertiary/aromatic N) is 5. The van der Waals surface area contributed by atoms with E-state index in [-0.39, 0.29) is 5.56 Å². The molecule has 6 aromatic rings. The molecule has 0 fully saturated rings. The Hall–Kier alpha value is -5.42. The molecule has 6 rings (SSSR count). The molecule has 0 spiro atoms. The van der Waals surface area contributed by atoms with E-state index in [1.54, 1.807) is 32.1 Å². The molecule has 3 heterocycles. The van der Waals surface area contributed by atoms with Crippen LogP contribution < -0.4 is 29.0 Å². The third-order valence-electron chi connectivity index (χ3n) is 7.27. The zero-order valence-corrected chi connectivity index (χ0v) is 26.8. The van der Waals surface area contributed by atoms with Gasteiger partial charge in [0, 0.05) is 17.3 Å². The quantitative estimate of drug-likeness (QED) is 0.153. The number of fused-ring (bicyclic) bond motifs is 1. The van der Waals surface area contributed by atoms with Crippen LogP contribution in [0.2, 0.25) is 0 Å². The van der Waals surface area contributed by atoms with Crippen molar-refractivity contribution >= 4 is 34.5 Å². The van der Waals surface area contributed by atoms with Crippen molar-refractivity contribution in [1.29, 1.82) is 0 Å². The molecule has 0 atom stereocenters. The summed E-state index contributed by atoms with van der Waals surface area (Å²) in [5.41, 5.74) is 3.79. The fourth-order valence-electron chi connectivity index (χ4n) is 4.88. The fraction of sp³-hybridized carbons (Fsp3) is 0.200. The Morgan fingerprint density at radius 2 is 1.61 bits per heavy atom. The summed E-state index contributed by atoms with van der Waals surface area (Å²) in [7, 11) is 4.81. The number of para-hydroxylation sites is 1. The van der Waals surface area contributed by atoms with Crippen molar-refractivity contribution in [3.63, 3.8) is 0 Å². The largest absolute Gasteiger partial charge is 0.493 e. The van der Waals surface area contributed by atoms with Crippen molar-refractivity contribution < 1.29 is 18.9 Å². The van der Waals surface area contributed by atoms with Crippen LogP contribution >= 0.6 is 11.3 Å². The average molecular weight is 636 g/mol. The lowest BCUT2D eigenvalue weighted by Gasteiger charge is -2.10. The van der Waals surface area contributed by atoms with E-state index in [2.05, 4.69) is 17.0 Å². The highest BCUT2D eigenvalue weighted by Gasteiger charge is 2.16. The Bertz CT molecular complexity index is 2120. The third kappa shape index (κ3) is 6.36. The first kappa shape index (κ1) is 30.6. The van der Waals surface area contributed by atoms with Gasteiger partial charge in [-0.1, -0.05) is 55.0 Å². The molecular weight excluding hydrogens is 602 g/mol. The molecule has 0 radical (unpaired) electrons. The lowest BCUT2D eigenvalue weighted by atomic mass is 10.1. The maximum atomic E-state index is 13.5. The Morgan fingerprint density at radius 1 is 0.848 bits per heavy atom. The second-order valence-electron chi connectivity index (χ2n) is 10.3. The van der Waals surface area contributed by atoms with E-state index in [0.717, 1.165) is 35.2 Å². The zero-order chi connectivity index (χ0) is 32.0. The van der Waals surface area contributed by atoms with E-state index in [1.807, 2.05) is 85.1 Å². The summed E-state index contributed by atoms with van der Waals surface area (Å²) < 4.78 is 25.9. The van der Waals surface area contributed by atoms with Crippen molar-refractivity contribution in [2.24, 2.45) is 0 Å². The van der Waals surface area contributed by atoms with E-state index < -0.39 is 0 Å². The number of methoxy groups -OCH3 is 3. The van der Waals surface area contributed by atoms with Gasteiger partial charge in [-0.3, -0.25) is 4.79 Å². The summed E-state index contributed by atoms with van der Waals surface area (Å²) in [4.78, 5) is 18.6. The van der Waals surface area contributed by atoms with Gasteiger partial charge in [0.25, 0.3) is 5.56 Å². The van der Waals surface area contributed by atoms with Crippen LogP contribution in [0.5, 0.6) is 23.0 Å². The lowest BCUT2D eigenvalue weighted by Crippen LogP contribution is -2.23.